The van der Waals surface area contributed by atoms with Crippen molar-refractivity contribution in [1.82, 2.24) is 4.90 Å². The highest BCUT2D eigenvalue weighted by atomic mass is 32.2. The molecule has 1 saturated heterocycles. The van der Waals surface area contributed by atoms with Crippen molar-refractivity contribution in [2.75, 3.05) is 12.9 Å². The van der Waals surface area contributed by atoms with Crippen LogP contribution in [0.15, 0.2) is 0 Å². The van der Waals surface area contributed by atoms with Crippen molar-refractivity contribution in [3.05, 3.63) is 0 Å². The maximum Gasteiger partial charge on any atom is 0.316 e. The Morgan fingerprint density at radius 3 is 2.50 bits per heavy atom. The summed E-state index contributed by atoms with van der Waals surface area (Å²) in [6.07, 6.45) is 3.63. The minimum Gasteiger partial charge on any atom is -0.468 e. The average molecular weight is 261 g/mol. The Morgan fingerprint density at radius 2 is 2.00 bits per heavy atom. The molecule has 0 amide bonds. The first-order chi connectivity index (χ1) is 7.56. The Kier molecular flexibility index (Phi) is 5.55. The number of methoxy groups -OCH3 is 1. The van der Waals surface area contributed by atoms with Crippen molar-refractivity contribution in [2.45, 2.75) is 45.2 Å². The normalized spacial score (nSPS) is 25.3. The van der Waals surface area contributed by atoms with Crippen molar-refractivity contribution in [1.29, 1.82) is 0 Å². The Labute approximate surface area is 107 Å². The third-order valence-corrected chi connectivity index (χ3v) is 4.35. The average Bonchev–Trinajstić information content (AvgIpc) is 2.25. The molecule has 1 aliphatic heterocycles. The van der Waals surface area contributed by atoms with Gasteiger partial charge in [-0.25, -0.2) is 0 Å². The number of carbonyl (C=O) groups excluding carboxylic acids is 1. The van der Waals surface area contributed by atoms with Crippen LogP contribution >= 0.6 is 24.0 Å². The zero-order valence-corrected chi connectivity index (χ0v) is 11.7. The first-order valence-corrected chi connectivity index (χ1v) is 6.97. The number of esters is 1. The second-order valence-electron chi connectivity index (χ2n) is 4.17. The van der Waals surface area contributed by atoms with E-state index < -0.39 is 0 Å². The van der Waals surface area contributed by atoms with Gasteiger partial charge in [-0.1, -0.05) is 24.0 Å². The second kappa shape index (κ2) is 6.45. The molecule has 1 heterocycles. The van der Waals surface area contributed by atoms with Crippen molar-refractivity contribution < 1.29 is 9.53 Å². The molecule has 0 aromatic carbocycles. The third kappa shape index (κ3) is 3.63. The standard InChI is InChI=1S/C11H19NO2S2/c1-8-5-4-6-9(2)12(8)11(15)16-7-10(13)14-3/h8-9H,4-7H2,1-3H3/t8-,9-/m0/s1. The fourth-order valence-corrected chi connectivity index (χ4v) is 3.44. The van der Waals surface area contributed by atoms with Crippen LogP contribution in [0, 0.1) is 0 Å². The van der Waals surface area contributed by atoms with Gasteiger partial charge in [-0.3, -0.25) is 4.79 Å². The van der Waals surface area contributed by atoms with Gasteiger partial charge in [0.25, 0.3) is 0 Å². The van der Waals surface area contributed by atoms with Gasteiger partial charge in [0.1, 0.15) is 4.32 Å². The van der Waals surface area contributed by atoms with Crippen LogP contribution in [0.1, 0.15) is 33.1 Å². The van der Waals surface area contributed by atoms with E-state index in [4.69, 9.17) is 12.2 Å². The van der Waals surface area contributed by atoms with Gasteiger partial charge in [0.05, 0.1) is 12.9 Å². The molecule has 0 radical (unpaired) electrons. The van der Waals surface area contributed by atoms with E-state index in [-0.39, 0.29) is 5.97 Å². The monoisotopic (exact) mass is 261 g/mol. The molecule has 0 unspecified atom stereocenters. The first kappa shape index (κ1) is 13.8. The Balaban J connectivity index is 2.47. The van der Waals surface area contributed by atoms with Crippen molar-refractivity contribution in [3.63, 3.8) is 0 Å². The minimum absolute atomic E-state index is 0.218. The number of piperidine rings is 1. The fraction of sp³-hybridized carbons (Fsp3) is 0.818. The SMILES string of the molecule is COC(=O)CSC(=S)N1[C@@H](C)CCC[C@@H]1C. The molecule has 92 valence electrons. The van der Waals surface area contributed by atoms with Crippen LogP contribution in [0.5, 0.6) is 0 Å². The maximum atomic E-state index is 11.0. The quantitative estimate of drug-likeness (QED) is 0.562. The van der Waals surface area contributed by atoms with Crippen LogP contribution in [0.25, 0.3) is 0 Å². The van der Waals surface area contributed by atoms with Gasteiger partial charge in [-0.15, -0.1) is 0 Å². The van der Waals surface area contributed by atoms with Gasteiger partial charge in [-0.05, 0) is 33.1 Å². The molecule has 1 rings (SSSR count). The van der Waals surface area contributed by atoms with Crippen LogP contribution in [0.2, 0.25) is 0 Å². The zero-order valence-electron chi connectivity index (χ0n) is 10.1. The van der Waals surface area contributed by atoms with E-state index in [0.29, 0.717) is 17.8 Å². The first-order valence-electron chi connectivity index (χ1n) is 5.58. The number of likely N-dealkylation sites (tertiary alicyclic amines) is 1. The summed E-state index contributed by atoms with van der Waals surface area (Å²) in [6.45, 7) is 4.39. The molecule has 16 heavy (non-hydrogen) atoms. The van der Waals surface area contributed by atoms with Crippen LogP contribution in [-0.2, 0) is 9.53 Å². The molecule has 0 spiro atoms. The van der Waals surface area contributed by atoms with Crippen molar-refractivity contribution >= 4 is 34.3 Å². The van der Waals surface area contributed by atoms with Gasteiger partial charge >= 0.3 is 5.97 Å². The summed E-state index contributed by atoms with van der Waals surface area (Å²) in [5.41, 5.74) is 0. The lowest BCUT2D eigenvalue weighted by atomic mass is 9.99. The molecule has 2 atom stereocenters. The molecule has 5 heteroatoms. The van der Waals surface area contributed by atoms with Crippen LogP contribution in [-0.4, -0.2) is 40.1 Å². The van der Waals surface area contributed by atoms with Crippen molar-refractivity contribution in [3.8, 4) is 0 Å². The number of thiocarbonyl (C=S) groups is 1. The molecule has 0 aromatic heterocycles. The number of thioether (sulfide) groups is 1. The highest BCUT2D eigenvalue weighted by Gasteiger charge is 2.27. The lowest BCUT2D eigenvalue weighted by molar-refractivity contribution is -0.137. The number of nitrogens with zero attached hydrogens (tertiary/aromatic N) is 1. The van der Waals surface area contributed by atoms with E-state index in [0.717, 1.165) is 4.32 Å². The van der Waals surface area contributed by atoms with E-state index in [1.807, 2.05) is 0 Å². The van der Waals surface area contributed by atoms with E-state index in [1.54, 1.807) is 0 Å². The fourth-order valence-electron chi connectivity index (χ4n) is 2.04. The zero-order chi connectivity index (χ0) is 12.1. The van der Waals surface area contributed by atoms with Crippen LogP contribution in [0.4, 0.5) is 0 Å². The summed E-state index contributed by atoms with van der Waals surface area (Å²) in [7, 11) is 1.40. The molecular weight excluding hydrogens is 242 g/mol. The van der Waals surface area contributed by atoms with Crippen molar-refractivity contribution in [2.24, 2.45) is 0 Å². The highest BCUT2D eigenvalue weighted by molar-refractivity contribution is 8.23. The largest absolute Gasteiger partial charge is 0.468 e. The molecule has 0 aromatic rings. The summed E-state index contributed by atoms with van der Waals surface area (Å²) in [5, 5.41) is 0. The Morgan fingerprint density at radius 1 is 1.44 bits per heavy atom. The summed E-state index contributed by atoms with van der Waals surface area (Å²) in [6, 6.07) is 0.975. The highest BCUT2D eigenvalue weighted by Crippen LogP contribution is 2.26. The van der Waals surface area contributed by atoms with Crippen LogP contribution in [0.3, 0.4) is 0 Å². The van der Waals surface area contributed by atoms with Gasteiger partial charge in [-0.2, -0.15) is 0 Å². The van der Waals surface area contributed by atoms with E-state index in [9.17, 15) is 4.79 Å². The molecule has 1 aliphatic rings. The predicted octanol–water partition coefficient (Wildman–Crippen LogP) is 2.44. The summed E-state index contributed by atoms with van der Waals surface area (Å²) >= 11 is 6.78. The molecule has 0 bridgehead atoms. The summed E-state index contributed by atoms with van der Waals surface area (Å²) in [5.74, 6) is 0.0929. The number of hydrogen-bond donors (Lipinski definition) is 0. The van der Waals surface area contributed by atoms with Gasteiger partial charge < -0.3 is 9.64 Å². The number of carbonyl (C=O) groups is 1. The maximum absolute atomic E-state index is 11.0. The molecule has 0 N–H and O–H groups in total. The number of rotatable bonds is 2. The second-order valence-corrected chi connectivity index (χ2v) is 5.78. The molecular formula is C11H19NO2S2. The smallest absolute Gasteiger partial charge is 0.316 e. The Bertz CT molecular complexity index is 261. The lowest BCUT2D eigenvalue weighted by Gasteiger charge is -2.40. The molecule has 0 aliphatic carbocycles. The van der Waals surface area contributed by atoms with E-state index >= 15 is 0 Å². The number of ether oxygens (including phenoxy) is 1. The molecule has 1 fully saturated rings. The predicted molar refractivity (Wildman–Crippen MR) is 71.7 cm³/mol. The molecule has 0 saturated carbocycles. The Hall–Kier alpha value is -0.290. The van der Waals surface area contributed by atoms with Crippen LogP contribution < -0.4 is 0 Å². The number of hydrogen-bond acceptors (Lipinski definition) is 4. The van der Waals surface area contributed by atoms with Gasteiger partial charge in [0.2, 0.25) is 0 Å². The lowest BCUT2D eigenvalue weighted by Crippen LogP contribution is -2.45. The topological polar surface area (TPSA) is 29.5 Å². The third-order valence-electron chi connectivity index (χ3n) is 2.95. The molecule has 3 nitrogen and oxygen atoms in total. The van der Waals surface area contributed by atoms with Gasteiger partial charge in [0.15, 0.2) is 0 Å². The van der Waals surface area contributed by atoms with E-state index in [2.05, 4.69) is 23.5 Å². The van der Waals surface area contributed by atoms with Gasteiger partial charge in [0, 0.05) is 12.1 Å². The minimum atomic E-state index is -0.218. The van der Waals surface area contributed by atoms with E-state index in [1.165, 1.54) is 38.1 Å². The summed E-state index contributed by atoms with van der Waals surface area (Å²) in [4.78, 5) is 13.3. The summed E-state index contributed by atoms with van der Waals surface area (Å²) < 4.78 is 5.43.